The Morgan fingerprint density at radius 2 is 0.923 bits per heavy atom. The van der Waals surface area contributed by atoms with Crippen molar-refractivity contribution in [1.29, 1.82) is 0 Å². The SMILES string of the molecule is [Pt+2].[c-]1cccc2c1c1ncccc1n2-c1cccnc1.[c-]1cccc2c1c1ncccc1n2-c1cccnc1. The minimum Gasteiger partial charge on any atom is -0.356 e. The van der Waals surface area contributed by atoms with E-state index < -0.39 is 0 Å². The maximum absolute atomic E-state index is 4.48. The minimum absolute atomic E-state index is 0. The molecule has 0 unspecified atom stereocenters. The Labute approximate surface area is 238 Å². The monoisotopic (exact) mass is 683 g/mol. The molecular weight excluding hydrogens is 663 g/mol. The maximum Gasteiger partial charge on any atom is 2.00 e. The molecule has 0 aliphatic carbocycles. The zero-order valence-corrected chi connectivity index (χ0v) is 22.8. The zero-order valence-electron chi connectivity index (χ0n) is 20.5. The van der Waals surface area contributed by atoms with Crippen LogP contribution in [-0.4, -0.2) is 29.1 Å². The van der Waals surface area contributed by atoms with Crippen molar-refractivity contribution >= 4 is 43.9 Å². The third-order valence-electron chi connectivity index (χ3n) is 6.49. The van der Waals surface area contributed by atoms with Gasteiger partial charge in [0.15, 0.2) is 0 Å². The van der Waals surface area contributed by atoms with Crippen molar-refractivity contribution in [2.75, 3.05) is 0 Å². The molecule has 6 heterocycles. The molecule has 0 N–H and O–H groups in total. The van der Waals surface area contributed by atoms with Gasteiger partial charge in [0, 0.05) is 46.9 Å². The van der Waals surface area contributed by atoms with Gasteiger partial charge in [-0.3, -0.25) is 9.97 Å². The van der Waals surface area contributed by atoms with E-state index in [1.807, 2.05) is 85.5 Å². The van der Waals surface area contributed by atoms with Crippen molar-refractivity contribution in [3.63, 3.8) is 0 Å². The van der Waals surface area contributed by atoms with Gasteiger partial charge in [-0.15, -0.1) is 48.5 Å². The Balaban J connectivity index is 0.000000138. The van der Waals surface area contributed by atoms with Crippen LogP contribution in [0.2, 0.25) is 0 Å². The second-order valence-corrected chi connectivity index (χ2v) is 8.70. The summed E-state index contributed by atoms with van der Waals surface area (Å²) in [6, 6.07) is 34.6. The smallest absolute Gasteiger partial charge is 0.356 e. The first-order valence-electron chi connectivity index (χ1n) is 12.2. The molecule has 6 nitrogen and oxygen atoms in total. The van der Waals surface area contributed by atoms with Gasteiger partial charge >= 0.3 is 21.1 Å². The summed E-state index contributed by atoms with van der Waals surface area (Å²) in [6.07, 6.45) is 10.9. The number of rotatable bonds is 2. The van der Waals surface area contributed by atoms with E-state index in [-0.39, 0.29) is 21.1 Å². The average Bonchev–Trinajstić information content (AvgIpc) is 3.52. The molecule has 0 saturated carbocycles. The van der Waals surface area contributed by atoms with Gasteiger partial charge < -0.3 is 19.1 Å². The first-order valence-corrected chi connectivity index (χ1v) is 12.2. The van der Waals surface area contributed by atoms with Crippen LogP contribution in [0.25, 0.3) is 55.2 Å². The van der Waals surface area contributed by atoms with Crippen molar-refractivity contribution < 1.29 is 21.1 Å². The van der Waals surface area contributed by atoms with Crippen molar-refractivity contribution in [3.8, 4) is 11.4 Å². The van der Waals surface area contributed by atoms with Gasteiger partial charge in [-0.25, -0.2) is 0 Å². The largest absolute Gasteiger partial charge is 2.00 e. The van der Waals surface area contributed by atoms with E-state index in [0.29, 0.717) is 0 Å². The fraction of sp³-hybridized carbons (Fsp3) is 0. The number of hydrogen-bond acceptors (Lipinski definition) is 4. The summed E-state index contributed by atoms with van der Waals surface area (Å²) in [6.45, 7) is 0. The van der Waals surface area contributed by atoms with E-state index >= 15 is 0 Å². The van der Waals surface area contributed by atoms with E-state index in [9.17, 15) is 0 Å². The molecule has 7 heteroatoms. The van der Waals surface area contributed by atoms with Crippen LogP contribution in [-0.2, 0) is 21.1 Å². The maximum atomic E-state index is 4.48. The second kappa shape index (κ2) is 10.6. The summed E-state index contributed by atoms with van der Waals surface area (Å²) in [7, 11) is 0. The first kappa shape index (κ1) is 24.7. The number of hydrogen-bond donors (Lipinski definition) is 0. The molecule has 0 amide bonds. The van der Waals surface area contributed by atoms with Crippen molar-refractivity contribution in [3.05, 3.63) is 134 Å². The molecule has 0 radical (unpaired) electrons. The number of pyridine rings is 4. The van der Waals surface area contributed by atoms with Crippen molar-refractivity contribution in [1.82, 2.24) is 29.1 Å². The fourth-order valence-corrected chi connectivity index (χ4v) is 4.94. The first-order chi connectivity index (χ1) is 18.9. The average molecular weight is 684 g/mol. The van der Waals surface area contributed by atoms with Gasteiger partial charge in [0.05, 0.1) is 23.8 Å². The summed E-state index contributed by atoms with van der Waals surface area (Å²) in [4.78, 5) is 17.4. The normalized spacial score (nSPS) is 10.9. The fourth-order valence-electron chi connectivity index (χ4n) is 4.94. The molecule has 8 rings (SSSR count). The van der Waals surface area contributed by atoms with Crippen LogP contribution >= 0.6 is 0 Å². The van der Waals surface area contributed by atoms with Crippen LogP contribution in [0.3, 0.4) is 0 Å². The van der Waals surface area contributed by atoms with E-state index in [4.69, 9.17) is 0 Å². The zero-order chi connectivity index (χ0) is 25.3. The molecular formula is C32H20N6Pt. The van der Waals surface area contributed by atoms with Crippen LogP contribution < -0.4 is 0 Å². The number of fused-ring (bicyclic) bond motifs is 6. The number of aromatic nitrogens is 6. The van der Waals surface area contributed by atoms with E-state index in [0.717, 1.165) is 55.2 Å². The Morgan fingerprint density at radius 3 is 1.36 bits per heavy atom. The molecule has 39 heavy (non-hydrogen) atoms. The van der Waals surface area contributed by atoms with Crippen LogP contribution in [0.5, 0.6) is 0 Å². The van der Waals surface area contributed by atoms with Gasteiger partial charge in [0.1, 0.15) is 0 Å². The second-order valence-electron chi connectivity index (χ2n) is 8.70. The van der Waals surface area contributed by atoms with Crippen molar-refractivity contribution in [2.24, 2.45) is 0 Å². The third-order valence-corrected chi connectivity index (χ3v) is 6.49. The van der Waals surface area contributed by atoms with Gasteiger partial charge in [-0.2, -0.15) is 0 Å². The van der Waals surface area contributed by atoms with Gasteiger partial charge in [-0.05, 0) is 59.6 Å². The predicted octanol–water partition coefficient (Wildman–Crippen LogP) is 6.75. The number of nitrogens with zero attached hydrogens (tertiary/aromatic N) is 6. The van der Waals surface area contributed by atoms with Crippen LogP contribution in [0, 0.1) is 12.1 Å². The molecule has 0 aliphatic heterocycles. The molecule has 188 valence electrons. The molecule has 0 saturated heterocycles. The van der Waals surface area contributed by atoms with Crippen LogP contribution in [0.1, 0.15) is 0 Å². The van der Waals surface area contributed by atoms with E-state index in [1.54, 1.807) is 12.4 Å². The van der Waals surface area contributed by atoms with Gasteiger partial charge in [0.25, 0.3) is 0 Å². The summed E-state index contributed by atoms with van der Waals surface area (Å²) in [5.41, 5.74) is 8.38. The van der Waals surface area contributed by atoms with E-state index in [2.05, 4.69) is 65.5 Å². The minimum atomic E-state index is 0. The Morgan fingerprint density at radius 1 is 0.487 bits per heavy atom. The molecule has 0 atom stereocenters. The summed E-state index contributed by atoms with van der Waals surface area (Å²) in [5.74, 6) is 0. The Bertz CT molecular complexity index is 1780. The predicted molar refractivity (Wildman–Crippen MR) is 150 cm³/mol. The van der Waals surface area contributed by atoms with Gasteiger partial charge in [-0.1, -0.05) is 10.8 Å². The molecule has 8 aromatic rings. The van der Waals surface area contributed by atoms with Crippen molar-refractivity contribution in [2.45, 2.75) is 0 Å². The molecule has 0 fully saturated rings. The Hall–Kier alpha value is -4.67. The molecule has 6 aromatic heterocycles. The van der Waals surface area contributed by atoms with E-state index in [1.165, 1.54) is 0 Å². The summed E-state index contributed by atoms with van der Waals surface area (Å²) < 4.78 is 4.34. The van der Waals surface area contributed by atoms with Gasteiger partial charge in [0.2, 0.25) is 0 Å². The molecule has 2 aromatic carbocycles. The Kier molecular flexibility index (Phi) is 6.70. The quantitative estimate of drug-likeness (QED) is 0.190. The summed E-state index contributed by atoms with van der Waals surface area (Å²) in [5, 5.41) is 2.09. The summed E-state index contributed by atoms with van der Waals surface area (Å²) >= 11 is 0. The topological polar surface area (TPSA) is 61.4 Å². The molecule has 0 bridgehead atoms. The standard InChI is InChI=1S/2C16H10N3.Pt/c2*1-2-7-14-13(6-1)16-15(8-4-10-18-16)19(14)12-5-3-9-17-11-12;/h2*1-5,7-11H;/q2*-1;+2. The van der Waals surface area contributed by atoms with Crippen LogP contribution in [0.4, 0.5) is 0 Å². The molecule has 0 spiro atoms. The third kappa shape index (κ3) is 4.29. The van der Waals surface area contributed by atoms with Crippen LogP contribution in [0.15, 0.2) is 122 Å². The molecule has 0 aliphatic rings. The number of benzene rings is 2.